The fraction of sp³-hybridized carbons (Fsp3) is 0.200. The lowest BCUT2D eigenvalue weighted by Crippen LogP contribution is -2.45. The second-order valence-electron chi connectivity index (χ2n) is 7.89. The summed E-state index contributed by atoms with van der Waals surface area (Å²) in [6.07, 6.45) is 5.52. The van der Waals surface area contributed by atoms with Gasteiger partial charge in [-0.15, -0.1) is 0 Å². The fourth-order valence-corrected chi connectivity index (χ4v) is 3.97. The van der Waals surface area contributed by atoms with Crippen LogP contribution < -0.4 is 11.1 Å². The zero-order chi connectivity index (χ0) is 24.1. The molecule has 174 valence electrons. The van der Waals surface area contributed by atoms with E-state index < -0.39 is 36.1 Å². The fourth-order valence-electron chi connectivity index (χ4n) is 3.97. The van der Waals surface area contributed by atoms with Gasteiger partial charge in [-0.25, -0.2) is 9.69 Å². The molecule has 0 unspecified atom stereocenters. The maximum Gasteiger partial charge on any atom is 0.328 e. The number of benzene rings is 2. The van der Waals surface area contributed by atoms with Gasteiger partial charge in [-0.1, -0.05) is 66.7 Å². The molecule has 2 aromatic rings. The lowest BCUT2D eigenvalue weighted by Gasteiger charge is -2.28. The van der Waals surface area contributed by atoms with Gasteiger partial charge >= 0.3 is 12.0 Å². The SMILES string of the molecule is NC(=O)C1=CN(CCC(=O)OCN2C(=O)NC(c3ccccc3)(c3ccccc3)C2=O)C=CC1. The Kier molecular flexibility index (Phi) is 6.44. The van der Waals surface area contributed by atoms with Gasteiger partial charge in [0.2, 0.25) is 5.91 Å². The monoisotopic (exact) mass is 460 g/mol. The number of imide groups is 1. The average Bonchev–Trinajstić information content (AvgIpc) is 3.12. The molecule has 34 heavy (non-hydrogen) atoms. The van der Waals surface area contributed by atoms with E-state index in [-0.39, 0.29) is 13.0 Å². The lowest BCUT2D eigenvalue weighted by molar-refractivity contribution is -0.150. The van der Waals surface area contributed by atoms with Crippen LogP contribution >= 0.6 is 0 Å². The Hall–Kier alpha value is -4.40. The highest BCUT2D eigenvalue weighted by Gasteiger charge is 2.54. The smallest absolute Gasteiger partial charge is 0.328 e. The molecule has 9 heteroatoms. The molecule has 0 aromatic heterocycles. The van der Waals surface area contributed by atoms with Crippen molar-refractivity contribution < 1.29 is 23.9 Å². The molecule has 4 rings (SSSR count). The summed E-state index contributed by atoms with van der Waals surface area (Å²) in [5.74, 6) is -1.64. The number of nitrogens with zero attached hydrogens (tertiary/aromatic N) is 2. The van der Waals surface area contributed by atoms with Crippen molar-refractivity contribution in [2.75, 3.05) is 13.3 Å². The topological polar surface area (TPSA) is 122 Å². The number of carbonyl (C=O) groups is 4. The Labute approximate surface area is 196 Å². The molecule has 0 saturated carbocycles. The van der Waals surface area contributed by atoms with E-state index in [0.29, 0.717) is 23.1 Å². The number of primary amides is 1. The highest BCUT2D eigenvalue weighted by molar-refractivity contribution is 6.09. The zero-order valence-electron chi connectivity index (χ0n) is 18.3. The number of nitrogens with one attached hydrogen (secondary N) is 1. The van der Waals surface area contributed by atoms with E-state index in [2.05, 4.69) is 5.32 Å². The lowest BCUT2D eigenvalue weighted by atomic mass is 9.83. The van der Waals surface area contributed by atoms with Crippen molar-refractivity contribution in [3.63, 3.8) is 0 Å². The first-order valence-electron chi connectivity index (χ1n) is 10.8. The van der Waals surface area contributed by atoms with E-state index >= 15 is 0 Å². The van der Waals surface area contributed by atoms with Gasteiger partial charge in [0.1, 0.15) is 0 Å². The molecule has 1 fully saturated rings. The van der Waals surface area contributed by atoms with Crippen LogP contribution in [0, 0.1) is 0 Å². The summed E-state index contributed by atoms with van der Waals surface area (Å²) in [5, 5.41) is 2.80. The van der Waals surface area contributed by atoms with Crippen molar-refractivity contribution >= 4 is 23.8 Å². The average molecular weight is 460 g/mol. The summed E-state index contributed by atoms with van der Waals surface area (Å²) in [6.45, 7) is -0.257. The summed E-state index contributed by atoms with van der Waals surface area (Å²) in [5.41, 5.74) is 5.52. The molecule has 3 N–H and O–H groups in total. The molecule has 0 spiro atoms. The molecule has 2 aliphatic rings. The number of urea groups is 1. The number of amides is 4. The second kappa shape index (κ2) is 9.62. The summed E-state index contributed by atoms with van der Waals surface area (Å²) >= 11 is 0. The van der Waals surface area contributed by atoms with Crippen LogP contribution in [0.15, 0.2) is 84.7 Å². The van der Waals surface area contributed by atoms with Crippen LogP contribution in [-0.2, 0) is 24.7 Å². The summed E-state index contributed by atoms with van der Waals surface area (Å²) in [7, 11) is 0. The normalized spacial score (nSPS) is 16.8. The largest absolute Gasteiger partial charge is 0.444 e. The minimum absolute atomic E-state index is 0.0148. The van der Waals surface area contributed by atoms with Gasteiger partial charge in [0.15, 0.2) is 12.3 Å². The number of nitrogens with two attached hydrogens (primary N) is 1. The number of hydrogen-bond acceptors (Lipinski definition) is 6. The Bertz CT molecular complexity index is 1120. The third-order valence-electron chi connectivity index (χ3n) is 5.72. The van der Waals surface area contributed by atoms with Crippen molar-refractivity contribution in [2.24, 2.45) is 5.73 Å². The van der Waals surface area contributed by atoms with Crippen molar-refractivity contribution in [3.05, 3.63) is 95.8 Å². The number of ether oxygens (including phenoxy) is 1. The van der Waals surface area contributed by atoms with Gasteiger partial charge in [0, 0.05) is 18.3 Å². The summed E-state index contributed by atoms with van der Waals surface area (Å²) in [4.78, 5) is 52.5. The van der Waals surface area contributed by atoms with Gasteiger partial charge in [-0.2, -0.15) is 0 Å². The van der Waals surface area contributed by atoms with Crippen LogP contribution in [0.1, 0.15) is 24.0 Å². The minimum atomic E-state index is -1.42. The molecule has 2 aromatic carbocycles. The Balaban J connectivity index is 1.44. The Morgan fingerprint density at radius 2 is 1.62 bits per heavy atom. The Morgan fingerprint density at radius 3 is 2.21 bits per heavy atom. The molecule has 2 heterocycles. The molecule has 0 bridgehead atoms. The zero-order valence-corrected chi connectivity index (χ0v) is 18.3. The van der Waals surface area contributed by atoms with Crippen molar-refractivity contribution in [3.8, 4) is 0 Å². The standard InChI is InChI=1S/C25H24N4O5/c26-22(31)18-8-7-14-28(16-18)15-13-21(30)34-17-29-23(32)25(27-24(29)33,19-9-3-1-4-10-19)20-11-5-2-6-12-20/h1-7,9-12,14,16H,8,13,15,17H2,(H2,26,31)(H,27,33). The van der Waals surface area contributed by atoms with E-state index in [4.69, 9.17) is 10.5 Å². The van der Waals surface area contributed by atoms with Gasteiger partial charge in [-0.05, 0) is 23.7 Å². The molecule has 0 radical (unpaired) electrons. The molecular weight excluding hydrogens is 436 g/mol. The van der Waals surface area contributed by atoms with E-state index in [1.165, 1.54) is 0 Å². The van der Waals surface area contributed by atoms with Gasteiger partial charge in [0.05, 0.1) is 6.42 Å². The molecule has 0 aliphatic carbocycles. The van der Waals surface area contributed by atoms with E-state index in [1.54, 1.807) is 71.9 Å². The van der Waals surface area contributed by atoms with Crippen molar-refractivity contribution in [2.45, 2.75) is 18.4 Å². The highest BCUT2D eigenvalue weighted by atomic mass is 16.5. The number of allylic oxidation sites excluding steroid dienone is 1. The molecule has 1 saturated heterocycles. The van der Waals surface area contributed by atoms with Crippen molar-refractivity contribution in [1.29, 1.82) is 0 Å². The second-order valence-corrected chi connectivity index (χ2v) is 7.89. The maximum atomic E-state index is 13.5. The van der Waals surface area contributed by atoms with E-state index in [9.17, 15) is 19.2 Å². The van der Waals surface area contributed by atoms with Crippen molar-refractivity contribution in [1.82, 2.24) is 15.1 Å². The molecule has 9 nitrogen and oxygen atoms in total. The molecule has 2 aliphatic heterocycles. The third kappa shape index (κ3) is 4.40. The third-order valence-corrected chi connectivity index (χ3v) is 5.72. The van der Waals surface area contributed by atoms with Crippen LogP contribution in [0.2, 0.25) is 0 Å². The highest BCUT2D eigenvalue weighted by Crippen LogP contribution is 2.35. The van der Waals surface area contributed by atoms with Crippen LogP contribution in [0.4, 0.5) is 4.79 Å². The van der Waals surface area contributed by atoms with Crippen LogP contribution in [0.5, 0.6) is 0 Å². The first kappa shape index (κ1) is 22.8. The van der Waals surface area contributed by atoms with Crippen LogP contribution in [0.3, 0.4) is 0 Å². The maximum absolute atomic E-state index is 13.5. The number of carbonyl (C=O) groups excluding carboxylic acids is 4. The summed E-state index contributed by atoms with van der Waals surface area (Å²) < 4.78 is 5.24. The first-order chi connectivity index (χ1) is 16.4. The predicted octanol–water partition coefficient (Wildman–Crippen LogP) is 1.96. The number of rotatable bonds is 8. The Morgan fingerprint density at radius 1 is 1.00 bits per heavy atom. The molecule has 4 amide bonds. The number of hydrogen-bond donors (Lipinski definition) is 2. The van der Waals surface area contributed by atoms with Gasteiger partial charge < -0.3 is 20.7 Å². The quantitative estimate of drug-likeness (QED) is 0.459. The van der Waals surface area contributed by atoms with E-state index in [1.807, 2.05) is 12.1 Å². The van der Waals surface area contributed by atoms with Gasteiger partial charge in [0.25, 0.3) is 5.91 Å². The number of esters is 1. The predicted molar refractivity (Wildman–Crippen MR) is 122 cm³/mol. The van der Waals surface area contributed by atoms with Crippen LogP contribution in [-0.4, -0.2) is 46.9 Å². The summed E-state index contributed by atoms with van der Waals surface area (Å²) in [6, 6.07) is 17.2. The van der Waals surface area contributed by atoms with Gasteiger partial charge in [-0.3, -0.25) is 14.4 Å². The molecular formula is C25H24N4O5. The van der Waals surface area contributed by atoms with Crippen LogP contribution in [0.25, 0.3) is 0 Å². The van der Waals surface area contributed by atoms with E-state index in [0.717, 1.165) is 4.90 Å². The minimum Gasteiger partial charge on any atom is -0.444 e. The first-order valence-corrected chi connectivity index (χ1v) is 10.8. The molecule has 0 atom stereocenters.